The summed E-state index contributed by atoms with van der Waals surface area (Å²) in [4.78, 5) is 0. The van der Waals surface area contributed by atoms with Crippen LogP contribution in [0.2, 0.25) is 0 Å². The molecule has 2 heterocycles. The molecule has 0 radical (unpaired) electrons. The molecule has 1 aliphatic heterocycles. The van der Waals surface area contributed by atoms with Crippen molar-refractivity contribution in [1.82, 2.24) is 14.8 Å². The zero-order valence-electron chi connectivity index (χ0n) is 9.54. The molecule has 0 bridgehead atoms. The van der Waals surface area contributed by atoms with E-state index in [4.69, 9.17) is 5.73 Å². The van der Waals surface area contributed by atoms with E-state index in [9.17, 15) is 13.2 Å². The number of hydrogen-bond acceptors (Lipinski definition) is 3. The molecule has 4 nitrogen and oxygen atoms in total. The van der Waals surface area contributed by atoms with Gasteiger partial charge in [0.15, 0.2) is 0 Å². The van der Waals surface area contributed by atoms with Gasteiger partial charge in [0, 0.05) is 25.4 Å². The van der Waals surface area contributed by atoms with Crippen LogP contribution in [-0.2, 0) is 19.4 Å². The second-order valence-corrected chi connectivity index (χ2v) is 4.60. The van der Waals surface area contributed by atoms with E-state index in [0.29, 0.717) is 24.5 Å². The largest absolute Gasteiger partial charge is 0.393 e. The van der Waals surface area contributed by atoms with Crippen molar-refractivity contribution in [3.8, 4) is 0 Å². The summed E-state index contributed by atoms with van der Waals surface area (Å²) in [5, 5.41) is 7.84. The van der Waals surface area contributed by atoms with Gasteiger partial charge in [-0.25, -0.2) is 0 Å². The highest BCUT2D eigenvalue weighted by molar-refractivity contribution is 5.02. The normalized spacial score (nSPS) is 22.3. The van der Waals surface area contributed by atoms with Gasteiger partial charge in [-0.05, 0) is 13.3 Å². The van der Waals surface area contributed by atoms with Crippen molar-refractivity contribution in [3.63, 3.8) is 0 Å². The summed E-state index contributed by atoms with van der Waals surface area (Å²) in [7, 11) is 0. The Labute approximate surface area is 97.0 Å². The van der Waals surface area contributed by atoms with Crippen LogP contribution in [-0.4, -0.2) is 27.0 Å². The molecule has 1 aliphatic rings. The van der Waals surface area contributed by atoms with E-state index < -0.39 is 12.1 Å². The molecule has 96 valence electrons. The van der Waals surface area contributed by atoms with E-state index in [0.717, 1.165) is 0 Å². The third-order valence-corrected chi connectivity index (χ3v) is 2.99. The minimum absolute atomic E-state index is 0.0755. The maximum absolute atomic E-state index is 12.7. The van der Waals surface area contributed by atoms with Crippen LogP contribution < -0.4 is 5.73 Å². The molecule has 0 amide bonds. The number of nitrogens with two attached hydrogens (primary N) is 1. The molecule has 0 aromatic carbocycles. The van der Waals surface area contributed by atoms with E-state index in [-0.39, 0.29) is 19.0 Å². The lowest BCUT2D eigenvalue weighted by Gasteiger charge is -2.26. The molecule has 2 unspecified atom stereocenters. The Morgan fingerprint density at radius 1 is 1.47 bits per heavy atom. The molecule has 2 N–H and O–H groups in total. The molecule has 1 aromatic rings. The molecule has 7 heteroatoms. The standard InChI is InChI=1S/C10H15F3N4/c1-6(14)4-9-16-15-8-3-2-7(5-17(8)9)10(11,12)13/h6-7H,2-5,14H2,1H3. The molecule has 0 aliphatic carbocycles. The topological polar surface area (TPSA) is 56.7 Å². The van der Waals surface area contributed by atoms with E-state index >= 15 is 0 Å². The minimum Gasteiger partial charge on any atom is -0.328 e. The fourth-order valence-corrected chi connectivity index (χ4v) is 2.09. The van der Waals surface area contributed by atoms with Crippen molar-refractivity contribution in [2.24, 2.45) is 11.7 Å². The highest BCUT2D eigenvalue weighted by Gasteiger charge is 2.42. The lowest BCUT2D eigenvalue weighted by atomic mass is 9.98. The number of alkyl halides is 3. The van der Waals surface area contributed by atoms with Gasteiger partial charge in [-0.15, -0.1) is 10.2 Å². The summed E-state index contributed by atoms with van der Waals surface area (Å²) in [6, 6.07) is -0.130. The Kier molecular flexibility index (Phi) is 3.11. The Bertz CT molecular complexity index is 397. The van der Waals surface area contributed by atoms with Crippen molar-refractivity contribution in [1.29, 1.82) is 0 Å². The van der Waals surface area contributed by atoms with E-state index in [1.54, 1.807) is 11.5 Å². The minimum atomic E-state index is -4.15. The molecule has 0 spiro atoms. The van der Waals surface area contributed by atoms with Gasteiger partial charge < -0.3 is 10.3 Å². The molecule has 0 saturated carbocycles. The molecule has 1 aromatic heterocycles. The summed E-state index contributed by atoms with van der Waals surface area (Å²) in [6.07, 6.45) is -3.26. The number of halogens is 3. The second-order valence-electron chi connectivity index (χ2n) is 4.60. The van der Waals surface area contributed by atoms with Gasteiger partial charge in [0.05, 0.1) is 5.92 Å². The van der Waals surface area contributed by atoms with Crippen molar-refractivity contribution in [3.05, 3.63) is 11.6 Å². The smallest absolute Gasteiger partial charge is 0.328 e. The Balaban J connectivity index is 2.20. The van der Waals surface area contributed by atoms with Crippen LogP contribution in [0.1, 0.15) is 25.0 Å². The van der Waals surface area contributed by atoms with Gasteiger partial charge in [0.25, 0.3) is 0 Å². The van der Waals surface area contributed by atoms with Crippen molar-refractivity contribution >= 4 is 0 Å². The van der Waals surface area contributed by atoms with Crippen LogP contribution in [0.5, 0.6) is 0 Å². The number of nitrogens with zero attached hydrogens (tertiary/aromatic N) is 3. The fraction of sp³-hybridized carbons (Fsp3) is 0.800. The summed E-state index contributed by atoms with van der Waals surface area (Å²) >= 11 is 0. The SMILES string of the molecule is CC(N)Cc1nnc2n1CC(C(F)(F)F)CC2. The van der Waals surface area contributed by atoms with Gasteiger partial charge in [-0.2, -0.15) is 13.2 Å². The lowest BCUT2D eigenvalue weighted by molar-refractivity contribution is -0.182. The Morgan fingerprint density at radius 3 is 2.76 bits per heavy atom. The Hall–Kier alpha value is -1.11. The van der Waals surface area contributed by atoms with Crippen molar-refractivity contribution in [2.45, 2.75) is 44.9 Å². The van der Waals surface area contributed by atoms with Gasteiger partial charge in [0.1, 0.15) is 11.6 Å². The molecule has 17 heavy (non-hydrogen) atoms. The molecular weight excluding hydrogens is 233 g/mol. The average molecular weight is 248 g/mol. The van der Waals surface area contributed by atoms with Crippen LogP contribution in [0.15, 0.2) is 0 Å². The zero-order chi connectivity index (χ0) is 12.6. The highest BCUT2D eigenvalue weighted by atomic mass is 19.4. The maximum Gasteiger partial charge on any atom is 0.393 e. The number of aryl methyl sites for hydroxylation is 1. The number of fused-ring (bicyclic) bond motifs is 1. The number of hydrogen-bond donors (Lipinski definition) is 1. The first-order chi connectivity index (χ1) is 7.88. The second kappa shape index (κ2) is 4.29. The Morgan fingerprint density at radius 2 is 2.18 bits per heavy atom. The van der Waals surface area contributed by atoms with Gasteiger partial charge in [-0.3, -0.25) is 0 Å². The van der Waals surface area contributed by atoms with Gasteiger partial charge in [0.2, 0.25) is 0 Å². The quantitative estimate of drug-likeness (QED) is 0.858. The van der Waals surface area contributed by atoms with Crippen molar-refractivity contribution < 1.29 is 13.2 Å². The molecule has 0 fully saturated rings. The van der Waals surface area contributed by atoms with Crippen LogP contribution in [0.4, 0.5) is 13.2 Å². The number of aromatic nitrogens is 3. The third-order valence-electron chi connectivity index (χ3n) is 2.99. The first-order valence-electron chi connectivity index (χ1n) is 5.61. The third kappa shape index (κ3) is 2.59. The van der Waals surface area contributed by atoms with Gasteiger partial charge >= 0.3 is 6.18 Å². The predicted molar refractivity (Wildman–Crippen MR) is 55.2 cm³/mol. The molecule has 0 saturated heterocycles. The summed E-state index contributed by atoms with van der Waals surface area (Å²) in [5.41, 5.74) is 5.63. The van der Waals surface area contributed by atoms with Crippen LogP contribution in [0.25, 0.3) is 0 Å². The van der Waals surface area contributed by atoms with E-state index in [1.807, 2.05) is 0 Å². The van der Waals surface area contributed by atoms with E-state index in [2.05, 4.69) is 10.2 Å². The van der Waals surface area contributed by atoms with Crippen LogP contribution in [0, 0.1) is 5.92 Å². The van der Waals surface area contributed by atoms with Gasteiger partial charge in [-0.1, -0.05) is 0 Å². The fourth-order valence-electron chi connectivity index (χ4n) is 2.09. The molecule has 2 atom stereocenters. The van der Waals surface area contributed by atoms with Crippen molar-refractivity contribution in [2.75, 3.05) is 0 Å². The summed E-state index contributed by atoms with van der Waals surface area (Å²) in [6.45, 7) is 1.72. The highest BCUT2D eigenvalue weighted by Crippen LogP contribution is 2.34. The number of rotatable bonds is 2. The monoisotopic (exact) mass is 248 g/mol. The zero-order valence-corrected chi connectivity index (χ0v) is 9.54. The van der Waals surface area contributed by atoms with Crippen LogP contribution >= 0.6 is 0 Å². The van der Waals surface area contributed by atoms with E-state index in [1.165, 1.54) is 0 Å². The van der Waals surface area contributed by atoms with Crippen LogP contribution in [0.3, 0.4) is 0 Å². The summed E-state index contributed by atoms with van der Waals surface area (Å²) < 4.78 is 39.5. The lowest BCUT2D eigenvalue weighted by Crippen LogP contribution is -2.33. The maximum atomic E-state index is 12.7. The molecular formula is C10H15F3N4. The average Bonchev–Trinajstić information content (AvgIpc) is 2.59. The first kappa shape index (κ1) is 12.3. The first-order valence-corrected chi connectivity index (χ1v) is 5.61. The molecule has 2 rings (SSSR count). The predicted octanol–water partition coefficient (Wildman–Crippen LogP) is 1.29. The summed E-state index contributed by atoms with van der Waals surface area (Å²) in [5.74, 6) is -0.0945.